The van der Waals surface area contributed by atoms with Crippen molar-refractivity contribution in [2.45, 2.75) is 39.2 Å². The normalized spacial score (nSPS) is 15.0. The second-order valence-corrected chi connectivity index (χ2v) is 5.91. The third kappa shape index (κ3) is 3.33. The molecule has 0 fully saturated rings. The van der Waals surface area contributed by atoms with Crippen LogP contribution in [0.1, 0.15) is 42.7 Å². The topological polar surface area (TPSA) is 58.1 Å². The van der Waals surface area contributed by atoms with E-state index in [2.05, 4.69) is 38.4 Å². The molecule has 1 aromatic heterocycles. The molecule has 3 rings (SSSR count). The molecule has 0 saturated heterocycles. The van der Waals surface area contributed by atoms with Crippen LogP contribution in [-0.2, 0) is 6.42 Å². The highest BCUT2D eigenvalue weighted by Crippen LogP contribution is 2.31. The second kappa shape index (κ2) is 6.77. The number of aryl methyl sites for hydroxylation is 1. The number of nitrogens with one attached hydrogen (secondary N) is 1. The van der Waals surface area contributed by atoms with E-state index < -0.39 is 0 Å². The van der Waals surface area contributed by atoms with Gasteiger partial charge in [0, 0.05) is 24.5 Å². The number of benzene rings is 1. The third-order valence-corrected chi connectivity index (χ3v) is 4.22. The molecule has 2 aromatic rings. The Kier molecular flexibility index (Phi) is 4.55. The number of hydrogen-bond donors (Lipinski definition) is 1. The molecule has 0 saturated carbocycles. The number of anilines is 2. The van der Waals surface area contributed by atoms with E-state index in [1.54, 1.807) is 12.3 Å². The first-order valence-corrected chi connectivity index (χ1v) is 8.18. The number of carbonyl (C=O) groups excluding carboxylic acids is 1. The lowest BCUT2D eigenvalue weighted by Crippen LogP contribution is -2.33. The maximum atomic E-state index is 12.3. The van der Waals surface area contributed by atoms with E-state index in [4.69, 9.17) is 0 Å². The van der Waals surface area contributed by atoms with Gasteiger partial charge in [-0.25, -0.2) is 9.97 Å². The first-order valence-electron chi connectivity index (χ1n) is 8.18. The van der Waals surface area contributed by atoms with Gasteiger partial charge in [-0.2, -0.15) is 0 Å². The number of amides is 1. The molecule has 5 heteroatoms. The summed E-state index contributed by atoms with van der Waals surface area (Å²) >= 11 is 0. The monoisotopic (exact) mass is 310 g/mol. The molecule has 0 radical (unpaired) electrons. The van der Waals surface area contributed by atoms with E-state index in [1.807, 2.05) is 19.9 Å². The molecule has 1 atom stereocenters. The Labute approximate surface area is 136 Å². The first-order chi connectivity index (χ1) is 11.2. The summed E-state index contributed by atoms with van der Waals surface area (Å²) in [5.74, 6) is 0.447. The summed E-state index contributed by atoms with van der Waals surface area (Å²) in [4.78, 5) is 23.2. The minimum absolute atomic E-state index is 0.136. The van der Waals surface area contributed by atoms with Crippen molar-refractivity contribution in [2.75, 3.05) is 11.4 Å². The molecule has 1 unspecified atom stereocenters. The van der Waals surface area contributed by atoms with Crippen LogP contribution in [0, 0.1) is 0 Å². The van der Waals surface area contributed by atoms with Gasteiger partial charge in [0.15, 0.2) is 0 Å². The zero-order valence-electron chi connectivity index (χ0n) is 13.6. The summed E-state index contributed by atoms with van der Waals surface area (Å²) in [6.45, 7) is 4.90. The molecule has 5 nitrogen and oxygen atoms in total. The van der Waals surface area contributed by atoms with Crippen molar-refractivity contribution in [3.63, 3.8) is 0 Å². The van der Waals surface area contributed by atoms with Crippen molar-refractivity contribution >= 4 is 17.5 Å². The molecule has 1 N–H and O–H groups in total. The van der Waals surface area contributed by atoms with Crippen molar-refractivity contribution < 1.29 is 4.79 Å². The predicted octanol–water partition coefficient (Wildman–Crippen LogP) is 3.09. The molecule has 23 heavy (non-hydrogen) atoms. The highest BCUT2D eigenvalue weighted by Gasteiger charge is 2.21. The molecular formula is C18H22N4O. The number of aromatic nitrogens is 2. The fourth-order valence-corrected chi connectivity index (χ4v) is 2.75. The van der Waals surface area contributed by atoms with E-state index in [0.717, 1.165) is 31.5 Å². The zero-order chi connectivity index (χ0) is 16.2. The Morgan fingerprint density at radius 3 is 3.00 bits per heavy atom. The van der Waals surface area contributed by atoms with Gasteiger partial charge in [0.25, 0.3) is 5.91 Å². The number of para-hydroxylation sites is 1. The Morgan fingerprint density at radius 1 is 1.35 bits per heavy atom. The van der Waals surface area contributed by atoms with Crippen LogP contribution in [0.15, 0.2) is 36.5 Å². The van der Waals surface area contributed by atoms with Gasteiger partial charge in [-0.1, -0.05) is 25.1 Å². The van der Waals surface area contributed by atoms with Gasteiger partial charge in [0.1, 0.15) is 5.69 Å². The average molecular weight is 310 g/mol. The summed E-state index contributed by atoms with van der Waals surface area (Å²) in [6.07, 6.45) is 4.68. The third-order valence-electron chi connectivity index (χ3n) is 4.22. The SMILES string of the molecule is CCC(C)NC(=O)c1ccnc(N2CCCc3ccccc32)n1. The fraction of sp³-hybridized carbons (Fsp3) is 0.389. The van der Waals surface area contributed by atoms with Crippen molar-refractivity contribution in [2.24, 2.45) is 0 Å². The van der Waals surface area contributed by atoms with E-state index >= 15 is 0 Å². The lowest BCUT2D eigenvalue weighted by Gasteiger charge is -2.29. The number of fused-ring (bicyclic) bond motifs is 1. The fourth-order valence-electron chi connectivity index (χ4n) is 2.75. The van der Waals surface area contributed by atoms with Crippen LogP contribution in [0.2, 0.25) is 0 Å². The van der Waals surface area contributed by atoms with Gasteiger partial charge >= 0.3 is 0 Å². The van der Waals surface area contributed by atoms with Crippen molar-refractivity contribution in [1.29, 1.82) is 0 Å². The number of hydrogen-bond acceptors (Lipinski definition) is 4. The minimum Gasteiger partial charge on any atom is -0.348 e. The van der Waals surface area contributed by atoms with Crippen LogP contribution in [0.25, 0.3) is 0 Å². The summed E-state index contributed by atoms with van der Waals surface area (Å²) in [6, 6.07) is 10.1. The van der Waals surface area contributed by atoms with E-state index in [0.29, 0.717) is 11.6 Å². The molecular weight excluding hydrogens is 288 g/mol. The van der Waals surface area contributed by atoms with Gasteiger partial charge in [0.05, 0.1) is 0 Å². The van der Waals surface area contributed by atoms with Gasteiger partial charge < -0.3 is 10.2 Å². The van der Waals surface area contributed by atoms with Gasteiger partial charge in [0.2, 0.25) is 5.95 Å². The first kappa shape index (κ1) is 15.5. The van der Waals surface area contributed by atoms with Crippen LogP contribution >= 0.6 is 0 Å². The van der Waals surface area contributed by atoms with Crippen LogP contribution in [0.5, 0.6) is 0 Å². The van der Waals surface area contributed by atoms with Gasteiger partial charge in [-0.15, -0.1) is 0 Å². The Balaban J connectivity index is 1.88. The van der Waals surface area contributed by atoms with Crippen LogP contribution in [0.3, 0.4) is 0 Å². The van der Waals surface area contributed by atoms with Crippen molar-refractivity contribution in [3.05, 3.63) is 47.8 Å². The molecule has 120 valence electrons. The quantitative estimate of drug-likeness (QED) is 0.943. The van der Waals surface area contributed by atoms with E-state index in [-0.39, 0.29) is 11.9 Å². The lowest BCUT2D eigenvalue weighted by atomic mass is 10.0. The maximum absolute atomic E-state index is 12.3. The Bertz CT molecular complexity index is 701. The second-order valence-electron chi connectivity index (χ2n) is 5.91. The standard InChI is InChI=1S/C18H22N4O/c1-3-13(2)20-17(23)15-10-11-19-18(21-15)22-12-6-8-14-7-4-5-9-16(14)22/h4-5,7,9-11,13H,3,6,8,12H2,1-2H3,(H,20,23). The summed E-state index contributed by atoms with van der Waals surface area (Å²) < 4.78 is 0. The minimum atomic E-state index is -0.145. The number of nitrogens with zero attached hydrogens (tertiary/aromatic N) is 3. The summed E-state index contributed by atoms with van der Waals surface area (Å²) in [7, 11) is 0. The van der Waals surface area contributed by atoms with Crippen LogP contribution in [0.4, 0.5) is 11.6 Å². The molecule has 2 heterocycles. The predicted molar refractivity (Wildman–Crippen MR) is 91.0 cm³/mol. The molecule has 0 aliphatic carbocycles. The van der Waals surface area contributed by atoms with Gasteiger partial charge in [-0.3, -0.25) is 4.79 Å². The van der Waals surface area contributed by atoms with Crippen LogP contribution in [-0.4, -0.2) is 28.5 Å². The van der Waals surface area contributed by atoms with E-state index in [9.17, 15) is 4.79 Å². The Hall–Kier alpha value is -2.43. The summed E-state index contributed by atoms with van der Waals surface area (Å²) in [5.41, 5.74) is 2.85. The Morgan fingerprint density at radius 2 is 2.17 bits per heavy atom. The molecule has 1 aromatic carbocycles. The smallest absolute Gasteiger partial charge is 0.270 e. The molecule has 0 spiro atoms. The largest absolute Gasteiger partial charge is 0.348 e. The lowest BCUT2D eigenvalue weighted by molar-refractivity contribution is 0.0934. The zero-order valence-corrected chi connectivity index (χ0v) is 13.6. The molecule has 1 aliphatic heterocycles. The highest BCUT2D eigenvalue weighted by molar-refractivity contribution is 5.92. The number of rotatable bonds is 4. The summed E-state index contributed by atoms with van der Waals surface area (Å²) in [5, 5.41) is 2.95. The average Bonchev–Trinajstić information content (AvgIpc) is 2.61. The van der Waals surface area contributed by atoms with Crippen molar-refractivity contribution in [1.82, 2.24) is 15.3 Å². The van der Waals surface area contributed by atoms with E-state index in [1.165, 1.54) is 5.56 Å². The highest BCUT2D eigenvalue weighted by atomic mass is 16.1. The molecule has 0 bridgehead atoms. The number of carbonyl (C=O) groups is 1. The van der Waals surface area contributed by atoms with Crippen LogP contribution < -0.4 is 10.2 Å². The van der Waals surface area contributed by atoms with Crippen molar-refractivity contribution in [3.8, 4) is 0 Å². The maximum Gasteiger partial charge on any atom is 0.270 e. The molecule has 1 amide bonds. The van der Waals surface area contributed by atoms with Gasteiger partial charge in [-0.05, 0) is 43.9 Å². The molecule has 1 aliphatic rings.